The monoisotopic (exact) mass is 353 g/mol. The second-order valence-electron chi connectivity index (χ2n) is 5.99. The SMILES string of the molecule is Cc1cccc(OCC(O)CNc2ccc3cc([N+](=O)[O-])ccc3n2)c1. The van der Waals surface area contributed by atoms with E-state index in [9.17, 15) is 15.2 Å². The number of nitro groups is 1. The lowest BCUT2D eigenvalue weighted by Gasteiger charge is -2.14. The van der Waals surface area contributed by atoms with Crippen molar-refractivity contribution in [3.05, 3.63) is 70.3 Å². The highest BCUT2D eigenvalue weighted by Crippen LogP contribution is 2.21. The third kappa shape index (κ3) is 4.46. The minimum absolute atomic E-state index is 0.0312. The number of anilines is 1. The van der Waals surface area contributed by atoms with Crippen molar-refractivity contribution in [3.8, 4) is 5.75 Å². The van der Waals surface area contributed by atoms with Crippen molar-refractivity contribution in [2.75, 3.05) is 18.5 Å². The van der Waals surface area contributed by atoms with Gasteiger partial charge in [-0.15, -0.1) is 0 Å². The van der Waals surface area contributed by atoms with E-state index in [4.69, 9.17) is 4.74 Å². The minimum atomic E-state index is -0.704. The number of pyridine rings is 1. The van der Waals surface area contributed by atoms with Crippen LogP contribution < -0.4 is 10.1 Å². The summed E-state index contributed by atoms with van der Waals surface area (Å²) in [5.41, 5.74) is 1.77. The van der Waals surface area contributed by atoms with E-state index in [0.717, 1.165) is 11.3 Å². The van der Waals surface area contributed by atoms with Gasteiger partial charge in [-0.25, -0.2) is 4.98 Å². The number of aliphatic hydroxyl groups is 1. The number of rotatable bonds is 7. The van der Waals surface area contributed by atoms with Crippen LogP contribution in [0.2, 0.25) is 0 Å². The van der Waals surface area contributed by atoms with Gasteiger partial charge in [0, 0.05) is 24.1 Å². The molecule has 7 heteroatoms. The lowest BCUT2D eigenvalue weighted by molar-refractivity contribution is -0.384. The maximum Gasteiger partial charge on any atom is 0.270 e. The van der Waals surface area contributed by atoms with Crippen LogP contribution in [0.3, 0.4) is 0 Å². The number of nitro benzene ring substituents is 1. The Morgan fingerprint density at radius 3 is 2.85 bits per heavy atom. The number of hydrogen-bond donors (Lipinski definition) is 2. The lowest BCUT2D eigenvalue weighted by Crippen LogP contribution is -2.26. The molecule has 0 amide bonds. The molecule has 26 heavy (non-hydrogen) atoms. The number of hydrogen-bond acceptors (Lipinski definition) is 6. The van der Waals surface area contributed by atoms with E-state index < -0.39 is 11.0 Å². The summed E-state index contributed by atoms with van der Waals surface area (Å²) in [6.45, 7) is 2.42. The number of benzene rings is 2. The molecule has 2 aromatic carbocycles. The molecule has 1 atom stereocenters. The van der Waals surface area contributed by atoms with Gasteiger partial charge in [0.2, 0.25) is 0 Å². The van der Waals surface area contributed by atoms with Gasteiger partial charge in [-0.05, 0) is 42.8 Å². The van der Waals surface area contributed by atoms with Crippen LogP contribution in [0.25, 0.3) is 10.9 Å². The number of fused-ring (bicyclic) bond motifs is 1. The van der Waals surface area contributed by atoms with Crippen LogP contribution in [0.5, 0.6) is 5.75 Å². The number of nitrogens with zero attached hydrogens (tertiary/aromatic N) is 2. The standard InChI is InChI=1S/C19H19N3O4/c1-13-3-2-4-17(9-13)26-12-16(23)11-20-19-8-5-14-10-15(22(24)25)6-7-18(14)21-19/h2-10,16,23H,11-12H2,1H3,(H,20,21). The molecule has 0 aliphatic heterocycles. The van der Waals surface area contributed by atoms with E-state index in [-0.39, 0.29) is 18.8 Å². The van der Waals surface area contributed by atoms with Crippen LogP contribution in [0.4, 0.5) is 11.5 Å². The fourth-order valence-electron chi connectivity index (χ4n) is 2.50. The van der Waals surface area contributed by atoms with Crippen LogP contribution in [-0.2, 0) is 0 Å². The third-order valence-corrected chi connectivity index (χ3v) is 3.83. The first kappa shape index (κ1) is 17.6. The molecule has 0 fully saturated rings. The number of aryl methyl sites for hydroxylation is 1. The summed E-state index contributed by atoms with van der Waals surface area (Å²) in [6.07, 6.45) is -0.704. The minimum Gasteiger partial charge on any atom is -0.491 e. The zero-order valence-electron chi connectivity index (χ0n) is 14.3. The van der Waals surface area contributed by atoms with Gasteiger partial charge >= 0.3 is 0 Å². The van der Waals surface area contributed by atoms with E-state index in [2.05, 4.69) is 10.3 Å². The quantitative estimate of drug-likeness (QED) is 0.500. The van der Waals surface area contributed by atoms with Gasteiger partial charge in [0.05, 0.1) is 10.4 Å². The van der Waals surface area contributed by atoms with Crippen LogP contribution >= 0.6 is 0 Å². The Balaban J connectivity index is 1.56. The fourth-order valence-corrected chi connectivity index (χ4v) is 2.50. The number of non-ortho nitro benzene ring substituents is 1. The second-order valence-corrected chi connectivity index (χ2v) is 5.99. The normalized spacial score (nSPS) is 11.9. The molecule has 0 bridgehead atoms. The zero-order chi connectivity index (χ0) is 18.5. The van der Waals surface area contributed by atoms with Crippen molar-refractivity contribution in [1.29, 1.82) is 0 Å². The topological polar surface area (TPSA) is 97.5 Å². The third-order valence-electron chi connectivity index (χ3n) is 3.83. The molecule has 0 spiro atoms. The number of ether oxygens (including phenoxy) is 1. The molecule has 2 N–H and O–H groups in total. The Morgan fingerprint density at radius 2 is 2.08 bits per heavy atom. The van der Waals surface area contributed by atoms with Gasteiger partial charge in [-0.3, -0.25) is 10.1 Å². The van der Waals surface area contributed by atoms with Crippen molar-refractivity contribution in [1.82, 2.24) is 4.98 Å². The molecule has 1 heterocycles. The van der Waals surface area contributed by atoms with Gasteiger partial charge in [-0.2, -0.15) is 0 Å². The summed E-state index contributed by atoms with van der Waals surface area (Å²) in [6, 6.07) is 15.6. The number of nitrogens with one attached hydrogen (secondary N) is 1. The number of aromatic nitrogens is 1. The molecule has 7 nitrogen and oxygen atoms in total. The first-order chi connectivity index (χ1) is 12.5. The summed E-state index contributed by atoms with van der Waals surface area (Å²) in [5, 5.41) is 24.6. The Labute approximate surface area is 150 Å². The molecule has 0 aliphatic rings. The molecular weight excluding hydrogens is 334 g/mol. The summed E-state index contributed by atoms with van der Waals surface area (Å²) in [5.74, 6) is 1.30. The fraction of sp³-hybridized carbons (Fsp3) is 0.211. The summed E-state index contributed by atoms with van der Waals surface area (Å²) in [4.78, 5) is 14.8. The van der Waals surface area contributed by atoms with E-state index in [0.29, 0.717) is 16.7 Å². The predicted octanol–water partition coefficient (Wildman–Crippen LogP) is 3.30. The Bertz CT molecular complexity index is 930. The smallest absolute Gasteiger partial charge is 0.270 e. The highest BCUT2D eigenvalue weighted by atomic mass is 16.6. The van der Waals surface area contributed by atoms with Crippen LogP contribution in [0, 0.1) is 17.0 Å². The average molecular weight is 353 g/mol. The maximum absolute atomic E-state index is 10.8. The molecule has 3 rings (SSSR count). The summed E-state index contributed by atoms with van der Waals surface area (Å²) in [7, 11) is 0. The Kier molecular flexibility index (Phi) is 5.28. The van der Waals surface area contributed by atoms with E-state index in [1.807, 2.05) is 31.2 Å². The molecule has 0 saturated carbocycles. The van der Waals surface area contributed by atoms with Gasteiger partial charge in [0.1, 0.15) is 24.3 Å². The van der Waals surface area contributed by atoms with Crippen molar-refractivity contribution >= 4 is 22.4 Å². The molecule has 1 unspecified atom stereocenters. The lowest BCUT2D eigenvalue weighted by atomic mass is 10.2. The Hall–Kier alpha value is -3.19. The molecular formula is C19H19N3O4. The van der Waals surface area contributed by atoms with Crippen LogP contribution in [0.15, 0.2) is 54.6 Å². The first-order valence-corrected chi connectivity index (χ1v) is 8.18. The largest absolute Gasteiger partial charge is 0.491 e. The summed E-state index contributed by atoms with van der Waals surface area (Å²) < 4.78 is 5.57. The second kappa shape index (κ2) is 7.79. The molecule has 3 aromatic rings. The van der Waals surface area contributed by atoms with Crippen LogP contribution in [-0.4, -0.2) is 34.3 Å². The maximum atomic E-state index is 10.8. The van der Waals surface area contributed by atoms with Gasteiger partial charge < -0.3 is 15.2 Å². The molecule has 0 radical (unpaired) electrons. The van der Waals surface area contributed by atoms with Gasteiger partial charge in [-0.1, -0.05) is 12.1 Å². The van der Waals surface area contributed by atoms with Crippen molar-refractivity contribution in [2.45, 2.75) is 13.0 Å². The van der Waals surface area contributed by atoms with Crippen LogP contribution in [0.1, 0.15) is 5.56 Å². The van der Waals surface area contributed by atoms with E-state index in [1.165, 1.54) is 12.1 Å². The van der Waals surface area contributed by atoms with Gasteiger partial charge in [0.15, 0.2) is 0 Å². The first-order valence-electron chi connectivity index (χ1n) is 8.18. The van der Waals surface area contributed by atoms with E-state index in [1.54, 1.807) is 18.2 Å². The zero-order valence-corrected chi connectivity index (χ0v) is 14.3. The number of aliphatic hydroxyl groups excluding tert-OH is 1. The average Bonchev–Trinajstić information content (AvgIpc) is 2.64. The Morgan fingerprint density at radius 1 is 1.23 bits per heavy atom. The highest BCUT2D eigenvalue weighted by Gasteiger charge is 2.09. The molecule has 1 aromatic heterocycles. The highest BCUT2D eigenvalue weighted by molar-refractivity contribution is 5.82. The predicted molar refractivity (Wildman–Crippen MR) is 99.6 cm³/mol. The molecule has 0 aliphatic carbocycles. The molecule has 134 valence electrons. The van der Waals surface area contributed by atoms with E-state index >= 15 is 0 Å². The molecule has 0 saturated heterocycles. The van der Waals surface area contributed by atoms with Crippen molar-refractivity contribution in [3.63, 3.8) is 0 Å². The van der Waals surface area contributed by atoms with Crippen molar-refractivity contribution < 1.29 is 14.8 Å². The summed E-state index contributed by atoms with van der Waals surface area (Å²) >= 11 is 0. The van der Waals surface area contributed by atoms with Gasteiger partial charge in [0.25, 0.3) is 5.69 Å². The van der Waals surface area contributed by atoms with Crippen molar-refractivity contribution in [2.24, 2.45) is 0 Å².